The van der Waals surface area contributed by atoms with E-state index in [1.165, 1.54) is 11.1 Å². The number of pyridine rings is 1. The summed E-state index contributed by atoms with van der Waals surface area (Å²) in [5, 5.41) is 7.91. The number of nitrogens with zero attached hydrogens (tertiary/aromatic N) is 3. The van der Waals surface area contributed by atoms with Crippen LogP contribution in [0.4, 0.5) is 0 Å². The molecule has 2 aromatic heterocycles. The van der Waals surface area contributed by atoms with Gasteiger partial charge < -0.3 is 5.32 Å². The van der Waals surface area contributed by atoms with Crippen LogP contribution in [0.2, 0.25) is 0 Å². The molecule has 0 bridgehead atoms. The highest BCUT2D eigenvalue weighted by Crippen LogP contribution is 2.23. The summed E-state index contributed by atoms with van der Waals surface area (Å²) < 4.78 is 1.86. The summed E-state index contributed by atoms with van der Waals surface area (Å²) in [6, 6.07) is 4.34. The molecule has 1 N–H and O–H groups in total. The van der Waals surface area contributed by atoms with Crippen LogP contribution in [-0.4, -0.2) is 21.3 Å². The van der Waals surface area contributed by atoms with Gasteiger partial charge in [-0.2, -0.15) is 5.10 Å². The van der Waals surface area contributed by atoms with Gasteiger partial charge in [-0.1, -0.05) is 13.0 Å². The quantitative estimate of drug-likeness (QED) is 0.896. The molecule has 18 heavy (non-hydrogen) atoms. The third kappa shape index (κ3) is 2.59. The Morgan fingerprint density at radius 2 is 2.11 bits per heavy atom. The molecule has 0 aromatic carbocycles. The van der Waals surface area contributed by atoms with Crippen LogP contribution in [0, 0.1) is 13.8 Å². The lowest BCUT2D eigenvalue weighted by Gasteiger charge is -2.17. The van der Waals surface area contributed by atoms with E-state index in [2.05, 4.69) is 34.6 Å². The molecule has 4 heteroatoms. The highest BCUT2D eigenvalue weighted by atomic mass is 15.3. The lowest BCUT2D eigenvalue weighted by Crippen LogP contribution is -2.22. The van der Waals surface area contributed by atoms with E-state index < -0.39 is 0 Å². The molecular formula is C14H20N4. The maximum Gasteiger partial charge on any atom is 0.0644 e. The van der Waals surface area contributed by atoms with E-state index in [-0.39, 0.29) is 6.04 Å². The number of hydrogen-bond donors (Lipinski definition) is 1. The summed E-state index contributed by atoms with van der Waals surface area (Å²) in [6.45, 7) is 7.07. The molecule has 1 unspecified atom stereocenters. The van der Waals surface area contributed by atoms with Gasteiger partial charge in [0.2, 0.25) is 0 Å². The SMILES string of the molecule is CCNC(c1ccc(C)nc1)c1cn(C)nc1C. The standard InChI is InChI=1S/C14H20N4/c1-5-15-14(12-7-6-10(2)16-8-12)13-9-18(4)17-11(13)3/h6-9,14-15H,5H2,1-4H3. The molecule has 1 atom stereocenters. The van der Waals surface area contributed by atoms with Crippen LogP contribution in [0.3, 0.4) is 0 Å². The van der Waals surface area contributed by atoms with Gasteiger partial charge in [0.15, 0.2) is 0 Å². The second-order valence-electron chi connectivity index (χ2n) is 4.57. The minimum absolute atomic E-state index is 0.164. The molecule has 96 valence electrons. The first-order valence-corrected chi connectivity index (χ1v) is 6.28. The van der Waals surface area contributed by atoms with Crippen molar-refractivity contribution in [2.45, 2.75) is 26.8 Å². The molecule has 0 amide bonds. The van der Waals surface area contributed by atoms with Crippen LogP contribution in [-0.2, 0) is 7.05 Å². The van der Waals surface area contributed by atoms with E-state index in [4.69, 9.17) is 0 Å². The monoisotopic (exact) mass is 244 g/mol. The van der Waals surface area contributed by atoms with Gasteiger partial charge in [0.05, 0.1) is 11.7 Å². The topological polar surface area (TPSA) is 42.7 Å². The van der Waals surface area contributed by atoms with Crippen molar-refractivity contribution in [3.63, 3.8) is 0 Å². The molecule has 2 heterocycles. The van der Waals surface area contributed by atoms with Crippen molar-refractivity contribution in [2.75, 3.05) is 6.54 Å². The fraction of sp³-hybridized carbons (Fsp3) is 0.429. The van der Waals surface area contributed by atoms with Crippen molar-refractivity contribution in [1.29, 1.82) is 0 Å². The smallest absolute Gasteiger partial charge is 0.0644 e. The molecule has 0 saturated carbocycles. The first-order valence-electron chi connectivity index (χ1n) is 6.28. The average molecular weight is 244 g/mol. The van der Waals surface area contributed by atoms with Crippen LogP contribution in [0.1, 0.15) is 35.5 Å². The zero-order valence-corrected chi connectivity index (χ0v) is 11.4. The Morgan fingerprint density at radius 1 is 1.33 bits per heavy atom. The van der Waals surface area contributed by atoms with Crippen molar-refractivity contribution in [3.8, 4) is 0 Å². The van der Waals surface area contributed by atoms with Gasteiger partial charge in [-0.3, -0.25) is 9.67 Å². The van der Waals surface area contributed by atoms with Gasteiger partial charge in [0.1, 0.15) is 0 Å². The third-order valence-corrected chi connectivity index (χ3v) is 3.04. The van der Waals surface area contributed by atoms with Crippen LogP contribution in [0.15, 0.2) is 24.5 Å². The van der Waals surface area contributed by atoms with E-state index in [0.717, 1.165) is 17.9 Å². The molecule has 0 spiro atoms. The molecule has 0 aliphatic heterocycles. The first kappa shape index (κ1) is 12.8. The minimum Gasteiger partial charge on any atom is -0.306 e. The summed E-state index contributed by atoms with van der Waals surface area (Å²) in [7, 11) is 1.95. The van der Waals surface area contributed by atoms with Gasteiger partial charge in [-0.15, -0.1) is 0 Å². The highest BCUT2D eigenvalue weighted by Gasteiger charge is 2.17. The maximum absolute atomic E-state index is 4.41. The van der Waals surface area contributed by atoms with Crippen LogP contribution < -0.4 is 5.32 Å². The molecule has 2 aromatic rings. The zero-order chi connectivity index (χ0) is 13.1. The Balaban J connectivity index is 2.39. The fourth-order valence-electron chi connectivity index (χ4n) is 2.16. The van der Waals surface area contributed by atoms with Gasteiger partial charge in [0, 0.05) is 30.7 Å². The van der Waals surface area contributed by atoms with E-state index in [0.29, 0.717) is 0 Å². The maximum atomic E-state index is 4.41. The van der Waals surface area contributed by atoms with Crippen molar-refractivity contribution < 1.29 is 0 Å². The van der Waals surface area contributed by atoms with Crippen LogP contribution >= 0.6 is 0 Å². The van der Waals surface area contributed by atoms with Crippen LogP contribution in [0.5, 0.6) is 0 Å². The molecule has 0 radical (unpaired) electrons. The Labute approximate surface area is 108 Å². The Bertz CT molecular complexity index is 513. The van der Waals surface area contributed by atoms with Crippen LogP contribution in [0.25, 0.3) is 0 Å². The summed E-state index contributed by atoms with van der Waals surface area (Å²) in [4.78, 5) is 4.38. The fourth-order valence-corrected chi connectivity index (χ4v) is 2.16. The Hall–Kier alpha value is -1.68. The highest BCUT2D eigenvalue weighted by molar-refractivity contribution is 5.31. The number of rotatable bonds is 4. The Morgan fingerprint density at radius 3 is 2.61 bits per heavy atom. The van der Waals surface area contributed by atoms with E-state index >= 15 is 0 Å². The van der Waals surface area contributed by atoms with Gasteiger partial charge in [-0.25, -0.2) is 0 Å². The predicted molar refractivity (Wildman–Crippen MR) is 72.4 cm³/mol. The number of aromatic nitrogens is 3. The third-order valence-electron chi connectivity index (χ3n) is 3.04. The molecular weight excluding hydrogens is 224 g/mol. The van der Waals surface area contributed by atoms with E-state index in [1.807, 2.05) is 37.8 Å². The summed E-state index contributed by atoms with van der Waals surface area (Å²) >= 11 is 0. The molecule has 0 aliphatic carbocycles. The lowest BCUT2D eigenvalue weighted by molar-refractivity contribution is 0.625. The average Bonchev–Trinajstić information content (AvgIpc) is 2.67. The van der Waals surface area contributed by atoms with Gasteiger partial charge in [-0.05, 0) is 32.0 Å². The van der Waals surface area contributed by atoms with Crippen molar-refractivity contribution in [2.24, 2.45) is 7.05 Å². The number of nitrogens with one attached hydrogen (secondary N) is 1. The molecule has 0 saturated heterocycles. The summed E-state index contributed by atoms with van der Waals surface area (Å²) in [6.07, 6.45) is 4.01. The molecule has 0 fully saturated rings. The molecule has 0 aliphatic rings. The second-order valence-corrected chi connectivity index (χ2v) is 4.57. The second kappa shape index (κ2) is 5.31. The zero-order valence-electron chi connectivity index (χ0n) is 11.4. The van der Waals surface area contributed by atoms with E-state index in [9.17, 15) is 0 Å². The Kier molecular flexibility index (Phi) is 3.77. The van der Waals surface area contributed by atoms with E-state index in [1.54, 1.807) is 0 Å². The molecule has 4 nitrogen and oxygen atoms in total. The largest absolute Gasteiger partial charge is 0.306 e. The lowest BCUT2D eigenvalue weighted by atomic mass is 10.0. The van der Waals surface area contributed by atoms with Gasteiger partial charge >= 0.3 is 0 Å². The molecule has 2 rings (SSSR count). The number of aryl methyl sites for hydroxylation is 3. The van der Waals surface area contributed by atoms with Crippen molar-refractivity contribution in [1.82, 2.24) is 20.1 Å². The van der Waals surface area contributed by atoms with Crippen molar-refractivity contribution >= 4 is 0 Å². The normalized spacial score (nSPS) is 12.7. The summed E-state index contributed by atoms with van der Waals surface area (Å²) in [5.74, 6) is 0. The van der Waals surface area contributed by atoms with Gasteiger partial charge in [0.25, 0.3) is 0 Å². The van der Waals surface area contributed by atoms with Crippen molar-refractivity contribution in [3.05, 3.63) is 47.0 Å². The minimum atomic E-state index is 0.164. The number of hydrogen-bond acceptors (Lipinski definition) is 3. The summed E-state index contributed by atoms with van der Waals surface area (Å²) in [5.41, 5.74) is 4.49. The predicted octanol–water partition coefficient (Wildman–Crippen LogP) is 2.13. The first-order chi connectivity index (χ1) is 8.61.